The van der Waals surface area contributed by atoms with Crippen LogP contribution in [0.5, 0.6) is 0 Å². The van der Waals surface area contributed by atoms with Crippen LogP contribution in [0.15, 0.2) is 0 Å². The van der Waals surface area contributed by atoms with Crippen molar-refractivity contribution < 1.29 is 4.79 Å². The molecule has 0 aromatic carbocycles. The van der Waals surface area contributed by atoms with Crippen molar-refractivity contribution in [2.24, 2.45) is 23.0 Å². The van der Waals surface area contributed by atoms with Gasteiger partial charge in [0.2, 0.25) is 5.91 Å². The Kier molecular flexibility index (Phi) is 4.54. The van der Waals surface area contributed by atoms with E-state index in [1.54, 1.807) is 0 Å². The van der Waals surface area contributed by atoms with Crippen LogP contribution in [0, 0.1) is 17.3 Å². The van der Waals surface area contributed by atoms with Crippen LogP contribution in [0.3, 0.4) is 0 Å². The molecule has 2 fully saturated rings. The van der Waals surface area contributed by atoms with Gasteiger partial charge in [-0.3, -0.25) is 4.79 Å². The molecule has 0 radical (unpaired) electrons. The van der Waals surface area contributed by atoms with E-state index >= 15 is 0 Å². The number of likely N-dealkylation sites (tertiary alicyclic amines) is 1. The van der Waals surface area contributed by atoms with E-state index in [4.69, 9.17) is 5.73 Å². The number of hydrogen-bond donors (Lipinski definition) is 1. The minimum absolute atomic E-state index is 0.198. The Hall–Kier alpha value is -0.570. The van der Waals surface area contributed by atoms with E-state index in [0.717, 1.165) is 44.7 Å². The smallest absolute Gasteiger partial charge is 0.225 e. The Morgan fingerprint density at radius 1 is 1.11 bits per heavy atom. The van der Waals surface area contributed by atoms with Gasteiger partial charge in [0.1, 0.15) is 0 Å². The first-order valence-electron chi connectivity index (χ1n) is 7.92. The van der Waals surface area contributed by atoms with E-state index in [1.165, 1.54) is 12.8 Å². The number of nitrogens with zero attached hydrogens (tertiary/aromatic N) is 1. The van der Waals surface area contributed by atoms with E-state index in [0.29, 0.717) is 11.3 Å². The van der Waals surface area contributed by atoms with Gasteiger partial charge in [0.05, 0.1) is 0 Å². The number of hydrogen-bond acceptors (Lipinski definition) is 2. The van der Waals surface area contributed by atoms with E-state index < -0.39 is 0 Å². The molecule has 2 N–H and O–H groups in total. The quantitative estimate of drug-likeness (QED) is 0.793. The normalized spacial score (nSPS) is 33.3. The van der Waals surface area contributed by atoms with Crippen LogP contribution in [0.2, 0.25) is 0 Å². The molecular formula is C16H30N2O. The molecule has 0 aromatic rings. The summed E-state index contributed by atoms with van der Waals surface area (Å²) in [7, 11) is 0. The van der Waals surface area contributed by atoms with Gasteiger partial charge < -0.3 is 10.6 Å². The molecule has 19 heavy (non-hydrogen) atoms. The molecule has 110 valence electrons. The number of carbonyl (C=O) groups excluding carboxylic acids is 1. The molecule has 0 unspecified atom stereocenters. The van der Waals surface area contributed by atoms with Crippen LogP contribution in [0.4, 0.5) is 0 Å². The van der Waals surface area contributed by atoms with Gasteiger partial charge in [0, 0.05) is 25.0 Å². The van der Waals surface area contributed by atoms with Crippen molar-refractivity contribution in [3.05, 3.63) is 0 Å². The monoisotopic (exact) mass is 266 g/mol. The van der Waals surface area contributed by atoms with Crippen molar-refractivity contribution in [1.82, 2.24) is 4.90 Å². The van der Waals surface area contributed by atoms with Crippen LogP contribution >= 0.6 is 0 Å². The van der Waals surface area contributed by atoms with E-state index in [1.807, 2.05) is 4.90 Å². The second-order valence-electron chi connectivity index (χ2n) is 7.60. The maximum atomic E-state index is 12.5. The molecule has 1 aliphatic carbocycles. The fourth-order valence-electron chi connectivity index (χ4n) is 3.67. The maximum Gasteiger partial charge on any atom is 0.225 e. The largest absolute Gasteiger partial charge is 0.341 e. The summed E-state index contributed by atoms with van der Waals surface area (Å²) in [6.45, 7) is 8.67. The van der Waals surface area contributed by atoms with Crippen LogP contribution in [-0.2, 0) is 4.79 Å². The Morgan fingerprint density at radius 2 is 1.74 bits per heavy atom. The van der Waals surface area contributed by atoms with E-state index in [-0.39, 0.29) is 12.0 Å². The minimum atomic E-state index is 0.198. The summed E-state index contributed by atoms with van der Waals surface area (Å²) in [4.78, 5) is 14.5. The Morgan fingerprint density at radius 3 is 2.26 bits per heavy atom. The SMILES string of the molecule is CC(C)(C)C1CCC(C(=O)N2CCC[C@@H](N)C2)CC1. The number of carbonyl (C=O) groups is 1. The predicted octanol–water partition coefficient (Wildman–Crippen LogP) is 2.79. The molecule has 0 bridgehead atoms. The van der Waals surface area contributed by atoms with Crippen molar-refractivity contribution in [2.75, 3.05) is 13.1 Å². The van der Waals surface area contributed by atoms with Gasteiger partial charge in [-0.2, -0.15) is 0 Å². The number of nitrogens with two attached hydrogens (primary N) is 1. The third-order valence-corrected chi connectivity index (χ3v) is 5.07. The summed E-state index contributed by atoms with van der Waals surface area (Å²) in [5.74, 6) is 1.42. The van der Waals surface area contributed by atoms with Crippen LogP contribution in [0.1, 0.15) is 59.3 Å². The molecular weight excluding hydrogens is 236 g/mol. The first-order valence-corrected chi connectivity index (χ1v) is 7.92. The molecule has 1 saturated heterocycles. The summed E-state index contributed by atoms with van der Waals surface area (Å²) in [6, 6.07) is 0.198. The lowest BCUT2D eigenvalue weighted by Gasteiger charge is -2.39. The molecule has 1 atom stereocenters. The molecule has 2 aliphatic rings. The van der Waals surface area contributed by atoms with Crippen LogP contribution in [-0.4, -0.2) is 29.9 Å². The summed E-state index contributed by atoms with van der Waals surface area (Å²) >= 11 is 0. The lowest BCUT2D eigenvalue weighted by Crippen LogP contribution is -2.48. The van der Waals surface area contributed by atoms with Crippen molar-refractivity contribution in [2.45, 2.75) is 65.3 Å². The van der Waals surface area contributed by atoms with Crippen molar-refractivity contribution in [1.29, 1.82) is 0 Å². The van der Waals surface area contributed by atoms with Crippen LogP contribution < -0.4 is 5.73 Å². The van der Waals surface area contributed by atoms with Gasteiger partial charge in [-0.1, -0.05) is 20.8 Å². The standard InChI is InChI=1S/C16H30N2O/c1-16(2,3)13-8-6-12(7-9-13)15(19)18-10-4-5-14(17)11-18/h12-14H,4-11,17H2,1-3H3/t12?,13?,14-/m1/s1. The summed E-state index contributed by atoms with van der Waals surface area (Å²) < 4.78 is 0. The fourth-order valence-corrected chi connectivity index (χ4v) is 3.67. The zero-order chi connectivity index (χ0) is 14.0. The number of amides is 1. The average Bonchev–Trinajstić information content (AvgIpc) is 2.37. The highest BCUT2D eigenvalue weighted by Gasteiger charge is 2.34. The zero-order valence-corrected chi connectivity index (χ0v) is 12.8. The molecule has 3 heteroatoms. The Balaban J connectivity index is 1.85. The van der Waals surface area contributed by atoms with Gasteiger partial charge >= 0.3 is 0 Å². The Bertz CT molecular complexity index is 313. The summed E-state index contributed by atoms with van der Waals surface area (Å²) in [5, 5.41) is 0. The minimum Gasteiger partial charge on any atom is -0.341 e. The van der Waals surface area contributed by atoms with Crippen LogP contribution in [0.25, 0.3) is 0 Å². The lowest BCUT2D eigenvalue weighted by molar-refractivity contribution is -0.138. The first-order chi connectivity index (χ1) is 8.88. The molecule has 0 aromatic heterocycles. The van der Waals surface area contributed by atoms with Gasteiger partial charge in [0.25, 0.3) is 0 Å². The molecule has 1 saturated carbocycles. The highest BCUT2D eigenvalue weighted by molar-refractivity contribution is 5.79. The fraction of sp³-hybridized carbons (Fsp3) is 0.938. The number of rotatable bonds is 1. The van der Waals surface area contributed by atoms with E-state index in [2.05, 4.69) is 20.8 Å². The van der Waals surface area contributed by atoms with E-state index in [9.17, 15) is 4.79 Å². The highest BCUT2D eigenvalue weighted by atomic mass is 16.2. The van der Waals surface area contributed by atoms with Crippen molar-refractivity contribution in [3.8, 4) is 0 Å². The lowest BCUT2D eigenvalue weighted by atomic mass is 9.69. The third kappa shape index (κ3) is 3.71. The van der Waals surface area contributed by atoms with Crippen molar-refractivity contribution >= 4 is 5.91 Å². The molecule has 1 heterocycles. The van der Waals surface area contributed by atoms with Gasteiger partial charge in [-0.05, 0) is 49.9 Å². The molecule has 1 aliphatic heterocycles. The predicted molar refractivity (Wildman–Crippen MR) is 78.7 cm³/mol. The summed E-state index contributed by atoms with van der Waals surface area (Å²) in [6.07, 6.45) is 6.71. The molecule has 3 nitrogen and oxygen atoms in total. The highest BCUT2D eigenvalue weighted by Crippen LogP contribution is 2.40. The zero-order valence-electron chi connectivity index (χ0n) is 12.8. The molecule has 1 amide bonds. The second-order valence-corrected chi connectivity index (χ2v) is 7.60. The summed E-state index contributed by atoms with van der Waals surface area (Å²) in [5.41, 5.74) is 6.37. The number of piperidine rings is 1. The van der Waals surface area contributed by atoms with Gasteiger partial charge in [-0.25, -0.2) is 0 Å². The Labute approximate surface area is 117 Å². The first kappa shape index (κ1) is 14.8. The van der Waals surface area contributed by atoms with Gasteiger partial charge in [0.15, 0.2) is 0 Å². The van der Waals surface area contributed by atoms with Gasteiger partial charge in [-0.15, -0.1) is 0 Å². The third-order valence-electron chi connectivity index (χ3n) is 5.07. The molecule has 0 spiro atoms. The van der Waals surface area contributed by atoms with Crippen molar-refractivity contribution in [3.63, 3.8) is 0 Å². The topological polar surface area (TPSA) is 46.3 Å². The molecule has 2 rings (SSSR count). The average molecular weight is 266 g/mol. The second kappa shape index (κ2) is 5.82. The maximum absolute atomic E-state index is 12.5.